The summed E-state index contributed by atoms with van der Waals surface area (Å²) in [6, 6.07) is -1.94. The lowest BCUT2D eigenvalue weighted by molar-refractivity contribution is -0.375. The molecule has 0 aliphatic rings. The number of halogens is 7. The minimum Gasteiger partial charge on any atom is -0.493 e. The van der Waals surface area contributed by atoms with Crippen molar-refractivity contribution in [3.8, 4) is 5.75 Å². The monoisotopic (exact) mass is 405 g/mol. The number of alkyl halides is 6. The summed E-state index contributed by atoms with van der Waals surface area (Å²) in [5.41, 5.74) is -2.71. The van der Waals surface area contributed by atoms with Crippen molar-refractivity contribution in [2.75, 3.05) is 7.11 Å². The number of benzene rings is 1. The van der Waals surface area contributed by atoms with Gasteiger partial charge in [0, 0.05) is 6.42 Å². The van der Waals surface area contributed by atoms with Gasteiger partial charge in [-0.15, -0.1) is 4.43 Å². The third-order valence-corrected chi connectivity index (χ3v) is 4.19. The summed E-state index contributed by atoms with van der Waals surface area (Å²) < 4.78 is 96.0. The number of hydrogen-bond donors (Lipinski definition) is 3. The predicted molar refractivity (Wildman–Crippen MR) is 73.7 cm³/mol. The molecule has 1 aromatic rings. The molecule has 0 bridgehead atoms. The van der Waals surface area contributed by atoms with Gasteiger partial charge in [0.25, 0.3) is 5.60 Å². The van der Waals surface area contributed by atoms with Crippen LogP contribution in [0.2, 0.25) is 0 Å². The molecule has 4 N–H and O–H groups in total. The van der Waals surface area contributed by atoms with Gasteiger partial charge < -0.3 is 20.7 Å². The molecule has 0 amide bonds. The molecule has 0 fully saturated rings. The number of carbonyl (C=O) groups is 1. The maximum absolute atomic E-state index is 14.1. The second-order valence-electron chi connectivity index (χ2n) is 5.19. The van der Waals surface area contributed by atoms with Crippen LogP contribution in [0.1, 0.15) is 11.1 Å². The van der Waals surface area contributed by atoms with Crippen LogP contribution in [0.15, 0.2) is 6.07 Å². The van der Waals surface area contributed by atoms with E-state index in [4.69, 9.17) is 10.8 Å². The Balaban J connectivity index is 3.84. The lowest BCUT2D eigenvalue weighted by Crippen LogP contribution is -2.56. The summed E-state index contributed by atoms with van der Waals surface area (Å²) in [5.74, 6) is -4.08. The van der Waals surface area contributed by atoms with Crippen molar-refractivity contribution in [3.63, 3.8) is 0 Å². The highest BCUT2D eigenvalue weighted by Gasteiger charge is 2.71. The summed E-state index contributed by atoms with van der Waals surface area (Å²) in [6.07, 6.45) is -13.3. The van der Waals surface area contributed by atoms with E-state index in [2.05, 4.69) is 4.74 Å². The number of ether oxygens (including phenoxy) is 1. The van der Waals surface area contributed by atoms with E-state index in [1.807, 2.05) is 0 Å². The Bertz CT molecular complexity index is 691. The standard InChI is InChI=1S/C13H11F7NO4.Al/c1-25-9-5(3-8(21)10(22)23)2-6(4-7(9)14)11(24,12(15,16)17)13(18,19)20;/h4,8,24H,3,21H2,1H3,(H,22,23);. The van der Waals surface area contributed by atoms with Crippen LogP contribution in [0.25, 0.3) is 0 Å². The van der Waals surface area contributed by atoms with Crippen molar-refractivity contribution in [2.45, 2.75) is 30.4 Å². The normalized spacial score (nSPS) is 14.2. The third kappa shape index (κ3) is 3.76. The molecule has 144 valence electrons. The van der Waals surface area contributed by atoms with Crippen molar-refractivity contribution >= 4 is 26.7 Å². The first-order valence-electron chi connectivity index (χ1n) is 6.59. The molecule has 0 aliphatic carbocycles. The Morgan fingerprint density at radius 2 is 1.73 bits per heavy atom. The van der Waals surface area contributed by atoms with Crippen LogP contribution >= 0.6 is 0 Å². The molecule has 0 heterocycles. The zero-order valence-corrected chi connectivity index (χ0v) is 14.0. The molecule has 0 saturated carbocycles. The van der Waals surface area contributed by atoms with Crippen LogP contribution in [-0.2, 0) is 16.8 Å². The van der Waals surface area contributed by atoms with Crippen LogP contribution in [-0.4, -0.2) is 58.0 Å². The Morgan fingerprint density at radius 1 is 1.27 bits per heavy atom. The number of hydrogen-bond acceptors (Lipinski definition) is 4. The molecular formula is C13H11AlF7NO4. The molecule has 0 spiro atoms. The van der Waals surface area contributed by atoms with E-state index in [0.717, 1.165) is 7.11 Å². The van der Waals surface area contributed by atoms with Gasteiger partial charge in [-0.3, -0.25) is 4.79 Å². The molecule has 0 saturated heterocycles. The average molecular weight is 405 g/mol. The molecule has 1 rings (SSSR count). The van der Waals surface area contributed by atoms with Crippen LogP contribution in [0, 0.1) is 5.82 Å². The van der Waals surface area contributed by atoms with Crippen LogP contribution in [0.5, 0.6) is 5.75 Å². The highest BCUT2D eigenvalue weighted by Crippen LogP contribution is 2.50. The fraction of sp³-hybridized carbons (Fsp3) is 0.462. The molecule has 13 heteroatoms. The van der Waals surface area contributed by atoms with E-state index >= 15 is 0 Å². The Hall–Kier alpha value is -1.55. The molecule has 1 aromatic carbocycles. The number of aliphatic carboxylic acids is 1. The fourth-order valence-electron chi connectivity index (χ4n) is 2.20. The Morgan fingerprint density at radius 3 is 2.08 bits per heavy atom. The van der Waals surface area contributed by atoms with Crippen LogP contribution in [0.3, 0.4) is 0 Å². The van der Waals surface area contributed by atoms with Gasteiger partial charge in [-0.05, 0) is 17.2 Å². The highest BCUT2D eigenvalue weighted by atomic mass is 27.0. The molecule has 5 nitrogen and oxygen atoms in total. The topological polar surface area (TPSA) is 92.8 Å². The van der Waals surface area contributed by atoms with Gasteiger partial charge in [-0.2, -0.15) is 26.3 Å². The van der Waals surface area contributed by atoms with Crippen molar-refractivity contribution in [2.24, 2.45) is 5.73 Å². The number of carboxylic acid groups (broad SMARTS) is 1. The number of nitrogens with two attached hydrogens (primary N) is 1. The molecule has 0 aromatic heterocycles. The molecular weight excluding hydrogens is 394 g/mol. The van der Waals surface area contributed by atoms with E-state index in [1.165, 1.54) is 16.3 Å². The molecule has 0 aliphatic heterocycles. The number of aliphatic hydroxyl groups is 1. The summed E-state index contributed by atoms with van der Waals surface area (Å²) in [5, 5.41) is 18.3. The smallest absolute Gasteiger partial charge is 0.430 e. The van der Waals surface area contributed by atoms with E-state index in [9.17, 15) is 40.6 Å². The minimum atomic E-state index is -6.25. The van der Waals surface area contributed by atoms with Gasteiger partial charge in [0.1, 0.15) is 6.04 Å². The largest absolute Gasteiger partial charge is 0.493 e. The first kappa shape index (κ1) is 22.5. The Labute approximate surface area is 150 Å². The van der Waals surface area contributed by atoms with Gasteiger partial charge in [0.15, 0.2) is 27.9 Å². The zero-order chi connectivity index (χ0) is 20.7. The van der Waals surface area contributed by atoms with Crippen molar-refractivity contribution in [1.29, 1.82) is 0 Å². The molecule has 2 radical (unpaired) electrons. The molecule has 1 atom stereocenters. The zero-order valence-electron chi connectivity index (χ0n) is 12.9. The fourth-order valence-corrected chi connectivity index (χ4v) is 2.74. The minimum absolute atomic E-state index is 0.169. The van der Waals surface area contributed by atoms with E-state index in [1.54, 1.807) is 0 Å². The van der Waals surface area contributed by atoms with Crippen molar-refractivity contribution in [1.82, 2.24) is 0 Å². The van der Waals surface area contributed by atoms with Gasteiger partial charge in [-0.1, -0.05) is 0 Å². The average Bonchev–Trinajstić information content (AvgIpc) is 2.47. The highest BCUT2D eigenvalue weighted by molar-refractivity contribution is 6.35. The van der Waals surface area contributed by atoms with Gasteiger partial charge in [-0.25, -0.2) is 4.39 Å². The lowest BCUT2D eigenvalue weighted by Gasteiger charge is -2.35. The molecule has 1 unspecified atom stereocenters. The second kappa shape index (κ2) is 7.22. The Kier molecular flexibility index (Phi) is 6.25. The van der Waals surface area contributed by atoms with Gasteiger partial charge in [0.05, 0.1) is 7.11 Å². The van der Waals surface area contributed by atoms with Crippen molar-refractivity contribution in [3.05, 3.63) is 23.0 Å². The predicted octanol–water partition coefficient (Wildman–Crippen LogP) is 0.895. The summed E-state index contributed by atoms with van der Waals surface area (Å²) >= 11 is 1.50. The first-order valence-corrected chi connectivity index (χ1v) is 7.16. The maximum Gasteiger partial charge on any atom is 0.430 e. The first-order chi connectivity index (χ1) is 11.6. The van der Waals surface area contributed by atoms with E-state index < -0.39 is 63.5 Å². The van der Waals surface area contributed by atoms with Gasteiger partial charge >= 0.3 is 18.3 Å². The number of carboxylic acids is 1. The summed E-state index contributed by atoms with van der Waals surface area (Å²) in [7, 11) is 0.873. The molecule has 26 heavy (non-hydrogen) atoms. The number of methoxy groups -OCH3 is 1. The SMILES string of the molecule is COc1c(F)cc(C(O)(C(F)(F)F)C(F)(F)F)[c]([Al])c1CC(N)C(=O)O. The van der Waals surface area contributed by atoms with Gasteiger partial charge in [0.2, 0.25) is 0 Å². The quantitative estimate of drug-likeness (QED) is 0.500. The summed E-state index contributed by atoms with van der Waals surface area (Å²) in [6.45, 7) is 0. The second-order valence-corrected chi connectivity index (χ2v) is 5.76. The maximum atomic E-state index is 14.1. The van der Waals surface area contributed by atoms with Crippen LogP contribution < -0.4 is 14.9 Å². The van der Waals surface area contributed by atoms with E-state index in [-0.39, 0.29) is 6.07 Å². The number of rotatable bonds is 5. The summed E-state index contributed by atoms with van der Waals surface area (Å²) in [4.78, 5) is 10.8. The van der Waals surface area contributed by atoms with Crippen molar-refractivity contribution < 1.29 is 50.5 Å². The third-order valence-electron chi connectivity index (χ3n) is 3.53. The van der Waals surface area contributed by atoms with Crippen LogP contribution in [0.4, 0.5) is 30.7 Å². The lowest BCUT2D eigenvalue weighted by atomic mass is 9.89. The van der Waals surface area contributed by atoms with E-state index in [0.29, 0.717) is 0 Å².